The van der Waals surface area contributed by atoms with Gasteiger partial charge >= 0.3 is 11.9 Å². The Morgan fingerprint density at radius 1 is 1.09 bits per heavy atom. The first-order chi connectivity index (χ1) is 10.5. The molecule has 10 heteroatoms. The molecule has 1 rings (SSSR count). The first kappa shape index (κ1) is 18.4. The monoisotopic (exact) mass is 347 g/mol. The van der Waals surface area contributed by atoms with Gasteiger partial charge in [0.25, 0.3) is 0 Å². The molecular formula is C12H17N3O5S2. The maximum atomic E-state index is 11.6. The van der Waals surface area contributed by atoms with E-state index >= 15 is 0 Å². The Morgan fingerprint density at radius 2 is 1.77 bits per heavy atom. The fourth-order valence-electron chi connectivity index (χ4n) is 1.27. The largest absolute Gasteiger partial charge is 0.466 e. The number of ether oxygens (including phenoxy) is 2. The Kier molecular flexibility index (Phi) is 8.44. The summed E-state index contributed by atoms with van der Waals surface area (Å²) >= 11 is 2.34. The van der Waals surface area contributed by atoms with E-state index in [1.165, 1.54) is 11.8 Å². The Labute approximate surface area is 136 Å². The molecule has 1 heterocycles. The third kappa shape index (κ3) is 7.36. The molecule has 1 aromatic rings. The van der Waals surface area contributed by atoms with Crippen LogP contribution in [0.15, 0.2) is 4.34 Å². The van der Waals surface area contributed by atoms with Crippen molar-refractivity contribution in [3.8, 4) is 0 Å². The first-order valence-electron chi connectivity index (χ1n) is 6.62. The van der Waals surface area contributed by atoms with Gasteiger partial charge in [-0.15, -0.1) is 10.2 Å². The molecule has 0 aliphatic rings. The van der Waals surface area contributed by atoms with Crippen LogP contribution in [0.4, 0.5) is 5.13 Å². The van der Waals surface area contributed by atoms with Gasteiger partial charge in [-0.3, -0.25) is 14.4 Å². The summed E-state index contributed by atoms with van der Waals surface area (Å²) in [4.78, 5) is 34.0. The molecule has 122 valence electrons. The van der Waals surface area contributed by atoms with Gasteiger partial charge in [0.2, 0.25) is 11.0 Å². The lowest BCUT2D eigenvalue weighted by Gasteiger charge is -2.01. The molecule has 0 unspecified atom stereocenters. The molecule has 1 amide bonds. The third-order valence-corrected chi connectivity index (χ3v) is 4.08. The van der Waals surface area contributed by atoms with Crippen LogP contribution in [0.25, 0.3) is 0 Å². The minimum Gasteiger partial charge on any atom is -0.466 e. The molecule has 0 aliphatic carbocycles. The highest BCUT2D eigenvalue weighted by molar-refractivity contribution is 8.01. The van der Waals surface area contributed by atoms with Gasteiger partial charge in [0.1, 0.15) is 0 Å². The van der Waals surface area contributed by atoms with Crippen LogP contribution in [0.1, 0.15) is 26.7 Å². The van der Waals surface area contributed by atoms with E-state index in [-0.39, 0.29) is 37.1 Å². The lowest BCUT2D eigenvalue weighted by Crippen LogP contribution is -2.14. The van der Waals surface area contributed by atoms with Gasteiger partial charge in [-0.1, -0.05) is 23.1 Å². The van der Waals surface area contributed by atoms with E-state index in [1.807, 2.05) is 0 Å². The minimum absolute atomic E-state index is 0.0168. The number of nitrogens with one attached hydrogen (secondary N) is 1. The van der Waals surface area contributed by atoms with Gasteiger partial charge in [-0.05, 0) is 13.8 Å². The summed E-state index contributed by atoms with van der Waals surface area (Å²) in [6.45, 7) is 4.06. The standard InChI is InChI=1S/C12H17N3O5S2/c1-3-19-9(17)6-5-8(16)13-11-14-15-12(22-11)21-7-10(18)20-4-2/h3-7H2,1-2H3,(H,13,14,16). The van der Waals surface area contributed by atoms with Crippen LogP contribution < -0.4 is 5.32 Å². The molecule has 1 N–H and O–H groups in total. The van der Waals surface area contributed by atoms with Gasteiger partial charge in [0, 0.05) is 6.42 Å². The number of carbonyl (C=O) groups excluding carboxylic acids is 3. The molecule has 0 fully saturated rings. The first-order valence-corrected chi connectivity index (χ1v) is 8.42. The second-order valence-electron chi connectivity index (χ2n) is 3.82. The summed E-state index contributed by atoms with van der Waals surface area (Å²) in [5, 5.41) is 10.5. The van der Waals surface area contributed by atoms with Crippen LogP contribution in [0, 0.1) is 0 Å². The van der Waals surface area contributed by atoms with Gasteiger partial charge in [0.15, 0.2) is 4.34 Å². The van der Waals surface area contributed by atoms with Crippen molar-refractivity contribution in [2.45, 2.75) is 31.0 Å². The molecular weight excluding hydrogens is 330 g/mol. The van der Waals surface area contributed by atoms with Crippen molar-refractivity contribution >= 4 is 46.1 Å². The second-order valence-corrected chi connectivity index (χ2v) is 6.02. The highest BCUT2D eigenvalue weighted by atomic mass is 32.2. The van der Waals surface area contributed by atoms with E-state index in [1.54, 1.807) is 13.8 Å². The van der Waals surface area contributed by atoms with Gasteiger partial charge in [-0.25, -0.2) is 0 Å². The summed E-state index contributed by atoms with van der Waals surface area (Å²) in [6.07, 6.45) is 0.0344. The predicted octanol–water partition coefficient (Wildman–Crippen LogP) is 1.48. The van der Waals surface area contributed by atoms with E-state index in [0.29, 0.717) is 16.1 Å². The molecule has 1 aromatic heterocycles. The molecule has 0 saturated heterocycles. The van der Waals surface area contributed by atoms with Crippen LogP contribution in [-0.4, -0.2) is 47.0 Å². The number of amides is 1. The molecule has 0 atom stereocenters. The average Bonchev–Trinajstić information content (AvgIpc) is 2.91. The number of aromatic nitrogens is 2. The lowest BCUT2D eigenvalue weighted by atomic mass is 10.3. The van der Waals surface area contributed by atoms with Crippen LogP contribution in [0.3, 0.4) is 0 Å². The number of thioether (sulfide) groups is 1. The summed E-state index contributed by atoms with van der Waals surface area (Å²) in [5.74, 6) is -0.950. The lowest BCUT2D eigenvalue weighted by molar-refractivity contribution is -0.144. The van der Waals surface area contributed by atoms with Crippen molar-refractivity contribution < 1.29 is 23.9 Å². The second kappa shape index (κ2) is 10.1. The summed E-state index contributed by atoms with van der Waals surface area (Å²) in [7, 11) is 0. The van der Waals surface area contributed by atoms with Crippen molar-refractivity contribution in [3.63, 3.8) is 0 Å². The Hall–Kier alpha value is -1.68. The molecule has 0 aromatic carbocycles. The quantitative estimate of drug-likeness (QED) is 0.406. The Morgan fingerprint density at radius 3 is 2.45 bits per heavy atom. The predicted molar refractivity (Wildman–Crippen MR) is 81.8 cm³/mol. The molecule has 0 saturated carbocycles. The SMILES string of the molecule is CCOC(=O)CCC(=O)Nc1nnc(SCC(=O)OCC)s1. The fraction of sp³-hybridized carbons (Fsp3) is 0.583. The normalized spacial score (nSPS) is 10.1. The van der Waals surface area contributed by atoms with E-state index < -0.39 is 5.97 Å². The average molecular weight is 347 g/mol. The summed E-state index contributed by atoms with van der Waals surface area (Å²) < 4.78 is 10.1. The highest BCUT2D eigenvalue weighted by Crippen LogP contribution is 2.25. The molecule has 8 nitrogen and oxygen atoms in total. The summed E-state index contributed by atoms with van der Waals surface area (Å²) in [6, 6.07) is 0. The van der Waals surface area contributed by atoms with Gasteiger partial charge in [0.05, 0.1) is 25.4 Å². The maximum Gasteiger partial charge on any atom is 0.316 e. The molecule has 0 spiro atoms. The Balaban J connectivity index is 2.33. The van der Waals surface area contributed by atoms with E-state index in [9.17, 15) is 14.4 Å². The zero-order chi connectivity index (χ0) is 16.4. The van der Waals surface area contributed by atoms with Crippen molar-refractivity contribution in [2.75, 3.05) is 24.3 Å². The van der Waals surface area contributed by atoms with Crippen molar-refractivity contribution in [3.05, 3.63) is 0 Å². The summed E-state index contributed by atoms with van der Waals surface area (Å²) in [5.41, 5.74) is 0. The number of rotatable bonds is 9. The number of hydrogen-bond donors (Lipinski definition) is 1. The third-order valence-electron chi connectivity index (χ3n) is 2.13. The fourth-order valence-corrected chi connectivity index (χ4v) is 2.84. The van der Waals surface area contributed by atoms with Crippen molar-refractivity contribution in [1.29, 1.82) is 0 Å². The maximum absolute atomic E-state index is 11.6. The molecule has 0 bridgehead atoms. The number of hydrogen-bond acceptors (Lipinski definition) is 9. The van der Waals surface area contributed by atoms with E-state index in [0.717, 1.165) is 11.3 Å². The minimum atomic E-state index is -0.416. The molecule has 0 radical (unpaired) electrons. The zero-order valence-electron chi connectivity index (χ0n) is 12.3. The van der Waals surface area contributed by atoms with Crippen LogP contribution in [-0.2, 0) is 23.9 Å². The van der Waals surface area contributed by atoms with Gasteiger partial charge in [-0.2, -0.15) is 0 Å². The molecule has 22 heavy (non-hydrogen) atoms. The van der Waals surface area contributed by atoms with Crippen LogP contribution in [0.5, 0.6) is 0 Å². The van der Waals surface area contributed by atoms with E-state index in [4.69, 9.17) is 9.47 Å². The Bertz CT molecular complexity index is 521. The smallest absolute Gasteiger partial charge is 0.316 e. The number of nitrogens with zero attached hydrogens (tertiary/aromatic N) is 2. The number of anilines is 1. The van der Waals surface area contributed by atoms with Crippen LogP contribution >= 0.6 is 23.1 Å². The zero-order valence-corrected chi connectivity index (χ0v) is 13.9. The number of esters is 2. The highest BCUT2D eigenvalue weighted by Gasteiger charge is 2.12. The van der Waals surface area contributed by atoms with Gasteiger partial charge < -0.3 is 14.8 Å². The molecule has 0 aliphatic heterocycles. The number of carbonyl (C=O) groups is 3. The van der Waals surface area contributed by atoms with E-state index in [2.05, 4.69) is 15.5 Å². The van der Waals surface area contributed by atoms with Crippen LogP contribution in [0.2, 0.25) is 0 Å². The van der Waals surface area contributed by atoms with Crippen molar-refractivity contribution in [1.82, 2.24) is 10.2 Å². The van der Waals surface area contributed by atoms with Crippen molar-refractivity contribution in [2.24, 2.45) is 0 Å². The topological polar surface area (TPSA) is 107 Å².